The highest BCUT2D eigenvalue weighted by molar-refractivity contribution is 5.89. The molecule has 0 atom stereocenters. The highest BCUT2D eigenvalue weighted by atomic mass is 16.1. The molecule has 0 unspecified atom stereocenters. The van der Waals surface area contributed by atoms with E-state index in [1.54, 1.807) is 0 Å². The number of benzene rings is 1. The number of pyridine rings is 2. The number of carbonyl (C=O) groups is 1. The maximum atomic E-state index is 12.0. The molecule has 7 nitrogen and oxygen atoms in total. The minimum absolute atomic E-state index is 0.298. The number of carbonyl (C=O) groups excluding carboxylic acids is 1. The summed E-state index contributed by atoms with van der Waals surface area (Å²) in [4.78, 5) is 26.3. The van der Waals surface area contributed by atoms with Gasteiger partial charge in [-0.2, -0.15) is 0 Å². The molecule has 0 bridgehead atoms. The number of aryl methyl sites for hydroxylation is 1. The fraction of sp³-hybridized carbons (Fsp3) is 0.345. The largest absolute Gasteiger partial charge is 0.368 e. The third kappa shape index (κ3) is 4.13. The van der Waals surface area contributed by atoms with E-state index < -0.39 is 0 Å². The number of ketones is 1. The number of fused-ring (bicyclic) bond motifs is 2. The fourth-order valence-electron chi connectivity index (χ4n) is 5.57. The Labute approximate surface area is 211 Å². The number of aromatic nitrogens is 3. The third-order valence-electron chi connectivity index (χ3n) is 7.59. The molecule has 0 saturated carbocycles. The average Bonchev–Trinajstić information content (AvgIpc) is 3.55. The number of likely N-dealkylation sites (N-methyl/N-ethyl adjacent to an activating group) is 1. The summed E-state index contributed by atoms with van der Waals surface area (Å²) in [7, 11) is 0. The summed E-state index contributed by atoms with van der Waals surface area (Å²) in [5.41, 5.74) is 8.76. The molecule has 1 aromatic carbocycles. The zero-order valence-electron chi connectivity index (χ0n) is 21.0. The number of hydrogen-bond donors (Lipinski definition) is 1. The van der Waals surface area contributed by atoms with Crippen molar-refractivity contribution in [3.05, 3.63) is 71.8 Å². The summed E-state index contributed by atoms with van der Waals surface area (Å²) >= 11 is 0. The van der Waals surface area contributed by atoms with Crippen LogP contribution in [-0.4, -0.2) is 57.8 Å². The van der Waals surface area contributed by atoms with Crippen LogP contribution in [-0.2, 0) is 24.1 Å². The number of imidazole rings is 1. The van der Waals surface area contributed by atoms with Gasteiger partial charge in [0.05, 0.1) is 17.6 Å². The van der Waals surface area contributed by atoms with E-state index in [0.717, 1.165) is 84.2 Å². The molecule has 6 rings (SSSR count). The normalized spacial score (nSPS) is 16.1. The Bertz CT molecular complexity index is 1420. The molecule has 1 N–H and O–H groups in total. The Morgan fingerprint density at radius 3 is 2.53 bits per heavy atom. The first-order valence-electron chi connectivity index (χ1n) is 13.0. The van der Waals surface area contributed by atoms with Gasteiger partial charge in [-0.05, 0) is 47.9 Å². The van der Waals surface area contributed by atoms with E-state index in [0.29, 0.717) is 18.6 Å². The van der Waals surface area contributed by atoms with Crippen molar-refractivity contribution in [3.8, 4) is 11.1 Å². The molecule has 3 aromatic heterocycles. The number of hydrogen-bond acceptors (Lipinski definition) is 6. The van der Waals surface area contributed by atoms with E-state index in [-0.39, 0.29) is 0 Å². The van der Waals surface area contributed by atoms with Crippen molar-refractivity contribution in [2.45, 2.75) is 33.1 Å². The Morgan fingerprint density at radius 2 is 1.78 bits per heavy atom. The minimum Gasteiger partial charge on any atom is -0.368 e. The number of nitrogens with one attached hydrogen (secondary N) is 1. The molecule has 1 fully saturated rings. The Kier molecular flexibility index (Phi) is 5.93. The lowest BCUT2D eigenvalue weighted by Crippen LogP contribution is -2.46. The zero-order chi connectivity index (χ0) is 24.6. The molecule has 7 heteroatoms. The van der Waals surface area contributed by atoms with Crippen LogP contribution in [0.2, 0.25) is 0 Å². The number of anilines is 3. The van der Waals surface area contributed by atoms with Crippen LogP contribution >= 0.6 is 0 Å². The van der Waals surface area contributed by atoms with Gasteiger partial charge in [0, 0.05) is 62.7 Å². The van der Waals surface area contributed by atoms with Gasteiger partial charge in [-0.3, -0.25) is 4.79 Å². The molecule has 1 aliphatic heterocycles. The van der Waals surface area contributed by atoms with Gasteiger partial charge >= 0.3 is 0 Å². The monoisotopic (exact) mass is 480 g/mol. The maximum Gasteiger partial charge on any atom is 0.160 e. The number of piperazine rings is 1. The van der Waals surface area contributed by atoms with Crippen molar-refractivity contribution in [2.75, 3.05) is 42.9 Å². The van der Waals surface area contributed by atoms with Crippen molar-refractivity contribution < 1.29 is 4.79 Å². The second kappa shape index (κ2) is 9.39. The zero-order valence-corrected chi connectivity index (χ0v) is 21.0. The molecule has 0 spiro atoms. The second-order valence-corrected chi connectivity index (χ2v) is 9.72. The van der Waals surface area contributed by atoms with Gasteiger partial charge < -0.3 is 19.5 Å². The van der Waals surface area contributed by atoms with Crippen LogP contribution in [0.5, 0.6) is 0 Å². The standard InChI is InChI=1S/C29H32N6O/c1-3-27-25(21-6-5-20-16-24(36)17-22(20)15-21)18-26(29-30-9-10-35(27)29)32-28-8-7-23(19-31-28)34-13-11-33(4-2)12-14-34/h5-10,15,18-19H,3-4,11-14,16-17H2,1-2H3,(H,31,32). The van der Waals surface area contributed by atoms with E-state index in [1.807, 2.05) is 18.6 Å². The van der Waals surface area contributed by atoms with E-state index in [4.69, 9.17) is 4.98 Å². The van der Waals surface area contributed by atoms with E-state index in [2.05, 4.69) is 74.7 Å². The van der Waals surface area contributed by atoms with Crippen molar-refractivity contribution in [1.82, 2.24) is 19.3 Å². The van der Waals surface area contributed by atoms with Crippen molar-refractivity contribution >= 4 is 28.6 Å². The number of Topliss-reactive ketones (excluding diaryl/α,β-unsaturated/α-hetero) is 1. The molecule has 0 radical (unpaired) electrons. The lowest BCUT2D eigenvalue weighted by molar-refractivity contribution is -0.117. The summed E-state index contributed by atoms with van der Waals surface area (Å²) in [6, 6.07) is 12.8. The fourth-order valence-corrected chi connectivity index (χ4v) is 5.57. The summed E-state index contributed by atoms with van der Waals surface area (Å²) < 4.78 is 2.16. The molecule has 1 saturated heterocycles. The lowest BCUT2D eigenvalue weighted by atomic mass is 9.98. The number of nitrogens with zero attached hydrogens (tertiary/aromatic N) is 5. The predicted molar refractivity (Wildman–Crippen MR) is 144 cm³/mol. The van der Waals surface area contributed by atoms with E-state index >= 15 is 0 Å². The highest BCUT2D eigenvalue weighted by Gasteiger charge is 2.21. The lowest BCUT2D eigenvalue weighted by Gasteiger charge is -2.35. The SMILES string of the molecule is CCc1c(-c2ccc3c(c2)CC(=O)C3)cc(Nc2ccc(N3CCN(CC)CC3)cn2)c2nccn12. The molecule has 4 aromatic rings. The average molecular weight is 481 g/mol. The molecular formula is C29H32N6O. The van der Waals surface area contributed by atoms with Crippen LogP contribution in [0, 0.1) is 0 Å². The topological polar surface area (TPSA) is 65.8 Å². The van der Waals surface area contributed by atoms with E-state index in [9.17, 15) is 4.79 Å². The van der Waals surface area contributed by atoms with Gasteiger partial charge in [-0.1, -0.05) is 32.0 Å². The molecule has 0 amide bonds. The van der Waals surface area contributed by atoms with Gasteiger partial charge in [0.25, 0.3) is 0 Å². The molecule has 4 heterocycles. The third-order valence-corrected chi connectivity index (χ3v) is 7.59. The molecule has 36 heavy (non-hydrogen) atoms. The quantitative estimate of drug-likeness (QED) is 0.438. The van der Waals surface area contributed by atoms with Crippen LogP contribution < -0.4 is 10.2 Å². The van der Waals surface area contributed by atoms with Crippen LogP contribution in [0.25, 0.3) is 16.8 Å². The summed E-state index contributed by atoms with van der Waals surface area (Å²) in [5.74, 6) is 1.10. The summed E-state index contributed by atoms with van der Waals surface area (Å²) in [5, 5.41) is 3.52. The van der Waals surface area contributed by atoms with Crippen LogP contribution in [0.15, 0.2) is 55.0 Å². The van der Waals surface area contributed by atoms with Crippen LogP contribution in [0.4, 0.5) is 17.2 Å². The Morgan fingerprint density at radius 1 is 0.944 bits per heavy atom. The van der Waals surface area contributed by atoms with Gasteiger partial charge in [-0.15, -0.1) is 0 Å². The first-order valence-corrected chi connectivity index (χ1v) is 13.0. The maximum absolute atomic E-state index is 12.0. The van der Waals surface area contributed by atoms with Crippen molar-refractivity contribution in [1.29, 1.82) is 0 Å². The van der Waals surface area contributed by atoms with E-state index in [1.165, 1.54) is 5.69 Å². The first-order chi connectivity index (χ1) is 17.6. The van der Waals surface area contributed by atoms with Gasteiger partial charge in [0.15, 0.2) is 5.65 Å². The molecule has 184 valence electrons. The van der Waals surface area contributed by atoms with Gasteiger partial charge in [-0.25, -0.2) is 9.97 Å². The summed E-state index contributed by atoms with van der Waals surface area (Å²) in [6.45, 7) is 9.76. The summed E-state index contributed by atoms with van der Waals surface area (Å²) in [6.07, 6.45) is 7.79. The smallest absolute Gasteiger partial charge is 0.160 e. The predicted octanol–water partition coefficient (Wildman–Crippen LogP) is 4.51. The molecular weight excluding hydrogens is 448 g/mol. The second-order valence-electron chi connectivity index (χ2n) is 9.72. The van der Waals surface area contributed by atoms with Crippen molar-refractivity contribution in [3.63, 3.8) is 0 Å². The van der Waals surface area contributed by atoms with Gasteiger partial charge in [0.2, 0.25) is 0 Å². The van der Waals surface area contributed by atoms with Crippen LogP contribution in [0.1, 0.15) is 30.7 Å². The number of rotatable bonds is 6. The minimum atomic E-state index is 0.298. The molecule has 2 aliphatic rings. The highest BCUT2D eigenvalue weighted by Crippen LogP contribution is 2.34. The first kappa shape index (κ1) is 22.7. The van der Waals surface area contributed by atoms with Gasteiger partial charge in [0.1, 0.15) is 11.6 Å². The van der Waals surface area contributed by atoms with Crippen LogP contribution in [0.3, 0.4) is 0 Å². The Balaban J connectivity index is 1.31. The Hall–Kier alpha value is -3.71. The van der Waals surface area contributed by atoms with Crippen molar-refractivity contribution in [2.24, 2.45) is 0 Å². The molecule has 1 aliphatic carbocycles.